The van der Waals surface area contributed by atoms with Gasteiger partial charge >= 0.3 is 0 Å². The van der Waals surface area contributed by atoms with Crippen molar-refractivity contribution in [2.24, 2.45) is 0 Å². The molecule has 3 atom stereocenters. The van der Waals surface area contributed by atoms with Crippen LogP contribution in [0.5, 0.6) is 11.5 Å². The summed E-state index contributed by atoms with van der Waals surface area (Å²) in [6, 6.07) is 20.1. The molecule has 5 rings (SSSR count). The minimum Gasteiger partial charge on any atom is -0.508 e. The van der Waals surface area contributed by atoms with Crippen LogP contribution in [0.2, 0.25) is 5.02 Å². The second-order valence-electron chi connectivity index (χ2n) is 7.87. The van der Waals surface area contributed by atoms with Gasteiger partial charge in [-0.15, -0.1) is 0 Å². The van der Waals surface area contributed by atoms with Crippen LogP contribution in [0.3, 0.4) is 0 Å². The van der Waals surface area contributed by atoms with Crippen molar-refractivity contribution >= 4 is 38.5 Å². The maximum absolute atomic E-state index is 13.3. The zero-order valence-corrected chi connectivity index (χ0v) is 18.3. The summed E-state index contributed by atoms with van der Waals surface area (Å²) in [5, 5.41) is 18.9. The molecule has 1 saturated heterocycles. The molecule has 1 fully saturated rings. The molecule has 0 saturated carbocycles. The molecular weight excluding hydrogens is 450 g/mol. The molecule has 0 aromatic heterocycles. The van der Waals surface area contributed by atoms with Crippen molar-refractivity contribution in [3.05, 3.63) is 88.9 Å². The Balaban J connectivity index is 1.57. The Bertz CT molecular complexity index is 1300. The fourth-order valence-corrected chi connectivity index (χ4v) is 6.26. The second kappa shape index (κ2) is 7.85. The van der Waals surface area contributed by atoms with Crippen LogP contribution in [0.1, 0.15) is 17.5 Å². The largest absolute Gasteiger partial charge is 0.508 e. The van der Waals surface area contributed by atoms with Gasteiger partial charge in [0.25, 0.3) is 0 Å². The highest BCUT2D eigenvalue weighted by molar-refractivity contribution is 7.93. The highest BCUT2D eigenvalue weighted by atomic mass is 35.5. The number of ether oxygens (including phenoxy) is 1. The molecule has 2 aliphatic rings. The SMILES string of the molecule is O=S(=O)(Nc1ccccc1Cl)[C@H]1C[C@H]2O[C@@H]1C(c1ccc(O)cc1)=C2c1ccc(O)cc1. The summed E-state index contributed by atoms with van der Waals surface area (Å²) in [4.78, 5) is 0. The van der Waals surface area contributed by atoms with Crippen molar-refractivity contribution in [2.45, 2.75) is 23.9 Å². The van der Waals surface area contributed by atoms with E-state index in [4.69, 9.17) is 16.3 Å². The molecule has 3 aromatic carbocycles. The van der Waals surface area contributed by atoms with Crippen molar-refractivity contribution in [3.63, 3.8) is 0 Å². The van der Waals surface area contributed by atoms with E-state index in [0.717, 1.165) is 22.3 Å². The number of benzene rings is 3. The number of nitrogens with one attached hydrogen (secondary N) is 1. The summed E-state index contributed by atoms with van der Waals surface area (Å²) in [5.41, 5.74) is 3.61. The number of anilines is 1. The number of phenols is 2. The first-order valence-electron chi connectivity index (χ1n) is 10.1. The fraction of sp³-hybridized carbons (Fsp3) is 0.167. The number of sulfonamides is 1. The summed E-state index contributed by atoms with van der Waals surface area (Å²) >= 11 is 6.16. The molecule has 0 spiro atoms. The quantitative estimate of drug-likeness (QED) is 0.505. The lowest BCUT2D eigenvalue weighted by atomic mass is 9.83. The fourth-order valence-electron chi connectivity index (χ4n) is 4.43. The maximum atomic E-state index is 13.3. The van der Waals surface area contributed by atoms with Gasteiger partial charge in [-0.3, -0.25) is 4.72 Å². The van der Waals surface area contributed by atoms with Crippen molar-refractivity contribution in [1.82, 2.24) is 0 Å². The molecule has 6 nitrogen and oxygen atoms in total. The molecule has 2 aliphatic heterocycles. The van der Waals surface area contributed by atoms with Crippen LogP contribution in [0.4, 0.5) is 5.69 Å². The minimum absolute atomic E-state index is 0.120. The highest BCUT2D eigenvalue weighted by Crippen LogP contribution is 2.51. The van der Waals surface area contributed by atoms with Crippen LogP contribution in [0.25, 0.3) is 11.1 Å². The molecule has 3 N–H and O–H groups in total. The van der Waals surface area contributed by atoms with Crippen LogP contribution in [-0.4, -0.2) is 36.1 Å². The standard InChI is InChI=1S/C24H20ClNO5S/c25-18-3-1-2-4-19(18)26-32(29,30)21-13-20-22(14-5-9-16(27)10-6-14)23(24(21)31-20)15-7-11-17(28)12-8-15/h1-12,20-21,24,26-28H,13H2/t20-,21+,24+/m1/s1. The zero-order valence-electron chi connectivity index (χ0n) is 16.8. The monoisotopic (exact) mass is 469 g/mol. The third-order valence-electron chi connectivity index (χ3n) is 5.87. The topological polar surface area (TPSA) is 95.9 Å². The number of para-hydroxylation sites is 1. The van der Waals surface area contributed by atoms with Gasteiger partial charge in [0.15, 0.2) is 0 Å². The van der Waals surface area contributed by atoms with Gasteiger partial charge in [0, 0.05) is 0 Å². The van der Waals surface area contributed by atoms with E-state index in [1.165, 1.54) is 0 Å². The van der Waals surface area contributed by atoms with E-state index in [1.807, 2.05) is 0 Å². The van der Waals surface area contributed by atoms with Gasteiger partial charge in [0.1, 0.15) is 22.9 Å². The number of hydrogen-bond donors (Lipinski definition) is 3. The van der Waals surface area contributed by atoms with Crippen molar-refractivity contribution in [1.29, 1.82) is 0 Å². The van der Waals surface area contributed by atoms with Gasteiger partial charge in [0.2, 0.25) is 10.0 Å². The third kappa shape index (κ3) is 3.62. The van der Waals surface area contributed by atoms with Gasteiger partial charge < -0.3 is 14.9 Å². The Morgan fingerprint density at radius 2 is 1.41 bits per heavy atom. The minimum atomic E-state index is -3.81. The first-order valence-corrected chi connectivity index (χ1v) is 12.0. The number of fused-ring (bicyclic) bond motifs is 2. The molecule has 8 heteroatoms. The molecule has 2 bridgehead atoms. The predicted octanol–water partition coefficient (Wildman–Crippen LogP) is 4.64. The van der Waals surface area contributed by atoms with Crippen molar-refractivity contribution in [3.8, 4) is 11.5 Å². The van der Waals surface area contributed by atoms with Crippen LogP contribution < -0.4 is 4.72 Å². The molecule has 0 amide bonds. The first kappa shape index (κ1) is 20.9. The van der Waals surface area contributed by atoms with Gasteiger partial charge in [-0.05, 0) is 65.1 Å². The Morgan fingerprint density at radius 1 is 0.844 bits per heavy atom. The molecule has 0 aliphatic carbocycles. The van der Waals surface area contributed by atoms with E-state index in [1.54, 1.807) is 72.8 Å². The van der Waals surface area contributed by atoms with Gasteiger partial charge in [-0.2, -0.15) is 0 Å². The normalized spacial score (nSPS) is 22.3. The molecule has 164 valence electrons. The summed E-state index contributed by atoms with van der Waals surface area (Å²) in [5.74, 6) is 0.267. The maximum Gasteiger partial charge on any atom is 0.238 e. The smallest absolute Gasteiger partial charge is 0.238 e. The first-order chi connectivity index (χ1) is 15.3. The zero-order chi connectivity index (χ0) is 22.5. The number of aromatic hydroxyl groups is 2. The van der Waals surface area contributed by atoms with E-state index < -0.39 is 27.5 Å². The number of hydrogen-bond acceptors (Lipinski definition) is 5. The van der Waals surface area contributed by atoms with Crippen molar-refractivity contribution < 1.29 is 23.4 Å². The number of halogens is 1. The lowest BCUT2D eigenvalue weighted by Crippen LogP contribution is -2.36. The average Bonchev–Trinajstić information content (AvgIpc) is 3.36. The van der Waals surface area contributed by atoms with Crippen LogP contribution in [-0.2, 0) is 14.8 Å². The lowest BCUT2D eigenvalue weighted by molar-refractivity contribution is 0.128. The van der Waals surface area contributed by atoms with E-state index >= 15 is 0 Å². The van der Waals surface area contributed by atoms with E-state index in [2.05, 4.69) is 4.72 Å². The van der Waals surface area contributed by atoms with Crippen LogP contribution in [0, 0.1) is 0 Å². The molecule has 32 heavy (non-hydrogen) atoms. The molecular formula is C24H20ClNO5S. The lowest BCUT2D eigenvalue weighted by Gasteiger charge is -2.25. The Hall–Kier alpha value is -3.00. The van der Waals surface area contributed by atoms with E-state index in [-0.39, 0.29) is 11.5 Å². The number of phenolic OH excluding ortho intramolecular Hbond substituents is 2. The summed E-state index contributed by atoms with van der Waals surface area (Å²) in [6.07, 6.45) is -0.808. The average molecular weight is 470 g/mol. The Kier molecular flexibility index (Phi) is 5.12. The van der Waals surface area contributed by atoms with Crippen LogP contribution in [0.15, 0.2) is 72.8 Å². The van der Waals surface area contributed by atoms with E-state index in [0.29, 0.717) is 17.1 Å². The van der Waals surface area contributed by atoms with Gasteiger partial charge in [0.05, 0.1) is 16.8 Å². The molecule has 2 heterocycles. The molecule has 0 unspecified atom stereocenters. The molecule has 3 aromatic rings. The number of rotatable bonds is 5. The Labute approximate surface area is 190 Å². The summed E-state index contributed by atoms with van der Waals surface area (Å²) < 4.78 is 35.4. The van der Waals surface area contributed by atoms with Gasteiger partial charge in [-0.25, -0.2) is 8.42 Å². The van der Waals surface area contributed by atoms with Gasteiger partial charge in [-0.1, -0.05) is 48.0 Å². The highest BCUT2D eigenvalue weighted by Gasteiger charge is 2.52. The molecule has 0 radical (unpaired) electrons. The third-order valence-corrected chi connectivity index (χ3v) is 7.94. The Morgan fingerprint density at radius 3 is 2.00 bits per heavy atom. The van der Waals surface area contributed by atoms with Crippen molar-refractivity contribution in [2.75, 3.05) is 4.72 Å². The predicted molar refractivity (Wildman–Crippen MR) is 124 cm³/mol. The second-order valence-corrected chi connectivity index (χ2v) is 10.2. The van der Waals surface area contributed by atoms with Crippen LogP contribution >= 0.6 is 11.6 Å². The van der Waals surface area contributed by atoms with E-state index in [9.17, 15) is 18.6 Å². The summed E-state index contributed by atoms with van der Waals surface area (Å²) in [7, 11) is -3.81. The summed E-state index contributed by atoms with van der Waals surface area (Å²) in [6.45, 7) is 0.